The normalized spacial score (nSPS) is 19.9. The molecule has 0 aromatic carbocycles. The van der Waals surface area contributed by atoms with E-state index < -0.39 is 0 Å². The molecule has 1 fully saturated rings. The first-order valence-corrected chi connectivity index (χ1v) is 6.63. The van der Waals surface area contributed by atoms with Crippen molar-refractivity contribution in [2.75, 3.05) is 26.7 Å². The highest BCUT2D eigenvalue weighted by atomic mass is 35.5. The molecule has 0 unspecified atom stereocenters. The third-order valence-corrected chi connectivity index (χ3v) is 3.60. The summed E-state index contributed by atoms with van der Waals surface area (Å²) in [6.45, 7) is 2.57. The van der Waals surface area contributed by atoms with Gasteiger partial charge in [0.2, 0.25) is 0 Å². The first-order valence-electron chi connectivity index (χ1n) is 6.25. The zero-order chi connectivity index (χ0) is 13.0. The lowest BCUT2D eigenvalue weighted by Gasteiger charge is -2.32. The molecule has 2 heterocycles. The van der Waals surface area contributed by atoms with Crippen LogP contribution in [0.4, 0.5) is 0 Å². The molecule has 0 aliphatic carbocycles. The molecule has 18 heavy (non-hydrogen) atoms. The Balaban J connectivity index is 2.07. The Kier molecular flexibility index (Phi) is 4.55. The first kappa shape index (κ1) is 13.3. The molecule has 1 N–H and O–H groups in total. The van der Waals surface area contributed by atoms with Crippen LogP contribution < -0.4 is 5.32 Å². The van der Waals surface area contributed by atoms with Gasteiger partial charge in [-0.1, -0.05) is 11.6 Å². The average molecular weight is 268 g/mol. The largest absolute Gasteiger partial charge is 0.338 e. The third-order valence-electron chi connectivity index (χ3n) is 3.30. The number of nitrogens with zero attached hydrogens (tertiary/aromatic N) is 2. The number of rotatable bonds is 3. The van der Waals surface area contributed by atoms with E-state index in [2.05, 4.69) is 10.3 Å². The average Bonchev–Trinajstić information content (AvgIpc) is 2.39. The molecule has 1 aromatic heterocycles. The van der Waals surface area contributed by atoms with Gasteiger partial charge in [0.15, 0.2) is 0 Å². The maximum Gasteiger partial charge on any atom is 0.255 e. The van der Waals surface area contributed by atoms with Crippen molar-refractivity contribution in [3.63, 3.8) is 0 Å². The summed E-state index contributed by atoms with van der Waals surface area (Å²) in [5.41, 5.74) is 0.553. The monoisotopic (exact) mass is 267 g/mol. The highest BCUT2D eigenvalue weighted by Crippen LogP contribution is 2.21. The van der Waals surface area contributed by atoms with Crippen LogP contribution >= 0.6 is 11.6 Å². The minimum Gasteiger partial charge on any atom is -0.338 e. The van der Waals surface area contributed by atoms with Crippen LogP contribution in [0.3, 0.4) is 0 Å². The summed E-state index contributed by atoms with van der Waals surface area (Å²) in [7, 11) is 1.94. The molecule has 0 saturated carbocycles. The van der Waals surface area contributed by atoms with E-state index in [0.29, 0.717) is 16.5 Å². The third kappa shape index (κ3) is 3.00. The van der Waals surface area contributed by atoms with Crippen molar-refractivity contribution in [3.05, 3.63) is 29.0 Å². The van der Waals surface area contributed by atoms with Gasteiger partial charge in [-0.15, -0.1) is 0 Å². The fraction of sp³-hybridized carbons (Fsp3) is 0.538. The van der Waals surface area contributed by atoms with Gasteiger partial charge < -0.3 is 10.2 Å². The molecule has 1 atom stereocenters. The first-order chi connectivity index (χ1) is 8.72. The van der Waals surface area contributed by atoms with Crippen LogP contribution in [0.2, 0.25) is 5.02 Å². The standard InChI is InChI=1S/C13H18ClN3O/c1-15-7-10-3-2-6-17(9-10)13(18)11-4-5-16-8-12(11)14/h4-5,8,10,15H,2-3,6-7,9H2,1H3/t10-/m1/s1. The lowest BCUT2D eigenvalue weighted by atomic mass is 9.97. The summed E-state index contributed by atoms with van der Waals surface area (Å²) >= 11 is 6.01. The second kappa shape index (κ2) is 6.16. The van der Waals surface area contributed by atoms with Crippen LogP contribution in [0, 0.1) is 5.92 Å². The number of hydrogen-bond acceptors (Lipinski definition) is 3. The fourth-order valence-electron chi connectivity index (χ4n) is 2.42. The van der Waals surface area contributed by atoms with Crippen molar-refractivity contribution in [3.8, 4) is 0 Å². The van der Waals surface area contributed by atoms with Crippen LogP contribution in [0.15, 0.2) is 18.5 Å². The van der Waals surface area contributed by atoms with E-state index in [-0.39, 0.29) is 5.91 Å². The Bertz CT molecular complexity index is 422. The summed E-state index contributed by atoms with van der Waals surface area (Å²) < 4.78 is 0. The molecule has 1 amide bonds. The molecular weight excluding hydrogens is 250 g/mol. The molecular formula is C13H18ClN3O. The lowest BCUT2D eigenvalue weighted by molar-refractivity contribution is 0.0674. The summed E-state index contributed by atoms with van der Waals surface area (Å²) in [4.78, 5) is 18.2. The molecule has 0 spiro atoms. The number of pyridine rings is 1. The molecule has 1 saturated heterocycles. The van der Waals surface area contributed by atoms with Gasteiger partial charge in [-0.2, -0.15) is 0 Å². The van der Waals surface area contributed by atoms with E-state index >= 15 is 0 Å². The van der Waals surface area contributed by atoms with Crippen molar-refractivity contribution < 1.29 is 4.79 Å². The Hall–Kier alpha value is -1.13. The molecule has 1 aliphatic heterocycles. The van der Waals surface area contributed by atoms with Gasteiger partial charge >= 0.3 is 0 Å². The van der Waals surface area contributed by atoms with E-state index in [1.54, 1.807) is 12.3 Å². The van der Waals surface area contributed by atoms with Crippen molar-refractivity contribution in [2.45, 2.75) is 12.8 Å². The second-order valence-corrected chi connectivity index (χ2v) is 5.08. The molecule has 1 aromatic rings. The van der Waals surface area contributed by atoms with E-state index in [0.717, 1.165) is 26.1 Å². The van der Waals surface area contributed by atoms with Crippen LogP contribution in [-0.4, -0.2) is 42.5 Å². The zero-order valence-corrected chi connectivity index (χ0v) is 11.3. The van der Waals surface area contributed by atoms with Crippen molar-refractivity contribution >= 4 is 17.5 Å². The minimum absolute atomic E-state index is 0.0169. The fourth-order valence-corrected chi connectivity index (χ4v) is 2.62. The molecule has 2 rings (SSSR count). The number of nitrogens with one attached hydrogen (secondary N) is 1. The number of piperidine rings is 1. The number of aromatic nitrogens is 1. The van der Waals surface area contributed by atoms with Crippen LogP contribution in [-0.2, 0) is 0 Å². The predicted octanol–water partition coefficient (Wildman–Crippen LogP) is 1.81. The maximum atomic E-state index is 12.4. The van der Waals surface area contributed by atoms with Crippen LogP contribution in [0.5, 0.6) is 0 Å². The van der Waals surface area contributed by atoms with Gasteiger partial charge in [0.05, 0.1) is 10.6 Å². The van der Waals surface area contributed by atoms with E-state index in [1.807, 2.05) is 11.9 Å². The second-order valence-electron chi connectivity index (χ2n) is 4.67. The molecule has 1 aliphatic rings. The zero-order valence-electron chi connectivity index (χ0n) is 10.5. The number of likely N-dealkylation sites (tertiary alicyclic amines) is 1. The number of amides is 1. The Morgan fingerprint density at radius 3 is 3.22 bits per heavy atom. The van der Waals surface area contributed by atoms with Gasteiger partial charge in [-0.25, -0.2) is 0 Å². The summed E-state index contributed by atoms with van der Waals surface area (Å²) in [6, 6.07) is 1.69. The molecule has 4 nitrogen and oxygen atoms in total. The SMILES string of the molecule is CNC[C@H]1CCCN(C(=O)c2ccncc2Cl)C1. The van der Waals surface area contributed by atoms with Gasteiger partial charge in [0.25, 0.3) is 5.91 Å². The quantitative estimate of drug-likeness (QED) is 0.908. The number of carbonyl (C=O) groups is 1. The summed E-state index contributed by atoms with van der Waals surface area (Å²) in [5, 5.41) is 3.60. The molecule has 0 bridgehead atoms. The smallest absolute Gasteiger partial charge is 0.255 e. The number of halogens is 1. The van der Waals surface area contributed by atoms with E-state index in [4.69, 9.17) is 11.6 Å². The predicted molar refractivity (Wildman–Crippen MR) is 71.8 cm³/mol. The lowest BCUT2D eigenvalue weighted by Crippen LogP contribution is -2.42. The van der Waals surface area contributed by atoms with E-state index in [9.17, 15) is 4.79 Å². The Labute approximate surface area is 112 Å². The topological polar surface area (TPSA) is 45.2 Å². The van der Waals surface area contributed by atoms with E-state index in [1.165, 1.54) is 12.6 Å². The van der Waals surface area contributed by atoms with Gasteiger partial charge in [-0.05, 0) is 38.4 Å². The maximum absolute atomic E-state index is 12.4. The van der Waals surface area contributed by atoms with Crippen LogP contribution in [0.25, 0.3) is 0 Å². The Morgan fingerprint density at radius 2 is 2.50 bits per heavy atom. The van der Waals surface area contributed by atoms with Crippen LogP contribution in [0.1, 0.15) is 23.2 Å². The molecule has 0 radical (unpaired) electrons. The highest BCUT2D eigenvalue weighted by Gasteiger charge is 2.25. The van der Waals surface area contributed by atoms with Gasteiger partial charge in [0, 0.05) is 25.5 Å². The van der Waals surface area contributed by atoms with Crippen molar-refractivity contribution in [1.82, 2.24) is 15.2 Å². The van der Waals surface area contributed by atoms with Gasteiger partial charge in [0.1, 0.15) is 0 Å². The number of hydrogen-bond donors (Lipinski definition) is 1. The summed E-state index contributed by atoms with van der Waals surface area (Å²) in [6.07, 6.45) is 5.35. The minimum atomic E-state index is 0.0169. The molecule has 5 heteroatoms. The number of carbonyl (C=O) groups excluding carboxylic acids is 1. The van der Waals surface area contributed by atoms with Gasteiger partial charge in [-0.3, -0.25) is 9.78 Å². The Morgan fingerprint density at radius 1 is 1.67 bits per heavy atom. The van der Waals surface area contributed by atoms with Crippen molar-refractivity contribution in [1.29, 1.82) is 0 Å². The highest BCUT2D eigenvalue weighted by molar-refractivity contribution is 6.33. The summed E-state index contributed by atoms with van der Waals surface area (Å²) in [5.74, 6) is 0.552. The van der Waals surface area contributed by atoms with Crippen molar-refractivity contribution in [2.24, 2.45) is 5.92 Å². The molecule has 98 valence electrons.